The van der Waals surface area contributed by atoms with Gasteiger partial charge in [0.05, 0.1) is 10.9 Å². The number of amides is 1. The van der Waals surface area contributed by atoms with Gasteiger partial charge in [0.2, 0.25) is 5.91 Å². The third-order valence-corrected chi connectivity index (χ3v) is 4.22. The molecule has 1 atom stereocenters. The Bertz CT molecular complexity index is 484. The number of benzene rings is 1. The Labute approximate surface area is 131 Å². The summed E-state index contributed by atoms with van der Waals surface area (Å²) in [4.78, 5) is 17.0. The molecule has 0 saturated carbocycles. The molecule has 1 amide bonds. The second kappa shape index (κ2) is 7.41. The van der Waals surface area contributed by atoms with E-state index in [1.807, 2.05) is 30.0 Å². The van der Waals surface area contributed by atoms with Gasteiger partial charge in [-0.25, -0.2) is 0 Å². The summed E-state index contributed by atoms with van der Waals surface area (Å²) in [6.07, 6.45) is 1.66. The number of rotatable bonds is 5. The minimum atomic E-state index is -0.298. The standard InChI is InChI=1S/C16H23N3OS/c1-2-6-14(15(17)21)16(20)19-11-9-18(10-12-19)13-7-4-3-5-8-13/h3-5,7-8,14H,2,6,9-12H2,1H3,(H2,17,21). The minimum Gasteiger partial charge on any atom is -0.393 e. The van der Waals surface area contributed by atoms with Crippen LogP contribution >= 0.6 is 12.2 Å². The molecule has 5 heteroatoms. The molecule has 0 radical (unpaired) electrons. The first-order valence-corrected chi connectivity index (χ1v) is 7.92. The molecule has 1 unspecified atom stereocenters. The van der Waals surface area contributed by atoms with E-state index in [0.29, 0.717) is 4.99 Å². The quantitative estimate of drug-likeness (QED) is 0.846. The van der Waals surface area contributed by atoms with E-state index in [1.165, 1.54) is 5.69 Å². The van der Waals surface area contributed by atoms with Crippen LogP contribution in [-0.2, 0) is 4.79 Å². The Hall–Kier alpha value is -1.62. The van der Waals surface area contributed by atoms with Crippen molar-refractivity contribution in [2.24, 2.45) is 11.7 Å². The fraction of sp³-hybridized carbons (Fsp3) is 0.500. The van der Waals surface area contributed by atoms with Crippen molar-refractivity contribution in [3.63, 3.8) is 0 Å². The van der Waals surface area contributed by atoms with Gasteiger partial charge >= 0.3 is 0 Å². The van der Waals surface area contributed by atoms with Crippen LogP contribution in [0.5, 0.6) is 0 Å². The number of thiocarbonyl (C=S) groups is 1. The van der Waals surface area contributed by atoms with E-state index < -0.39 is 0 Å². The highest BCUT2D eigenvalue weighted by molar-refractivity contribution is 7.80. The first-order chi connectivity index (χ1) is 10.1. The average molecular weight is 305 g/mol. The van der Waals surface area contributed by atoms with Gasteiger partial charge in [-0.3, -0.25) is 4.79 Å². The third-order valence-electron chi connectivity index (χ3n) is 3.93. The first kappa shape index (κ1) is 15.8. The van der Waals surface area contributed by atoms with Crippen LogP contribution in [0.1, 0.15) is 19.8 Å². The first-order valence-electron chi connectivity index (χ1n) is 7.51. The molecule has 1 aliphatic rings. The molecule has 1 aromatic carbocycles. The number of carbonyl (C=O) groups excluding carboxylic acids is 1. The highest BCUT2D eigenvalue weighted by atomic mass is 32.1. The lowest BCUT2D eigenvalue weighted by Gasteiger charge is -2.37. The zero-order valence-electron chi connectivity index (χ0n) is 12.5. The van der Waals surface area contributed by atoms with Gasteiger partial charge < -0.3 is 15.5 Å². The van der Waals surface area contributed by atoms with Crippen molar-refractivity contribution in [3.8, 4) is 0 Å². The molecular formula is C16H23N3OS. The number of hydrogen-bond acceptors (Lipinski definition) is 3. The average Bonchev–Trinajstić information content (AvgIpc) is 2.53. The third kappa shape index (κ3) is 3.94. The predicted octanol–water partition coefficient (Wildman–Crippen LogP) is 2.04. The number of carbonyl (C=O) groups is 1. The lowest BCUT2D eigenvalue weighted by molar-refractivity contribution is -0.133. The van der Waals surface area contributed by atoms with Crippen molar-refractivity contribution in [2.75, 3.05) is 31.1 Å². The van der Waals surface area contributed by atoms with Crippen molar-refractivity contribution >= 4 is 28.8 Å². The molecule has 1 heterocycles. The van der Waals surface area contributed by atoms with Crippen LogP contribution in [0.2, 0.25) is 0 Å². The van der Waals surface area contributed by atoms with Crippen molar-refractivity contribution in [1.29, 1.82) is 0 Å². The lowest BCUT2D eigenvalue weighted by Crippen LogP contribution is -2.51. The number of piperazine rings is 1. The summed E-state index contributed by atoms with van der Waals surface area (Å²) < 4.78 is 0. The highest BCUT2D eigenvalue weighted by Crippen LogP contribution is 2.18. The zero-order chi connectivity index (χ0) is 15.2. The van der Waals surface area contributed by atoms with Crippen molar-refractivity contribution in [3.05, 3.63) is 30.3 Å². The fourth-order valence-corrected chi connectivity index (χ4v) is 2.94. The topological polar surface area (TPSA) is 49.6 Å². The van der Waals surface area contributed by atoms with Gasteiger partial charge in [0.15, 0.2) is 0 Å². The van der Waals surface area contributed by atoms with Crippen molar-refractivity contribution < 1.29 is 4.79 Å². The van der Waals surface area contributed by atoms with E-state index in [-0.39, 0.29) is 11.8 Å². The number of nitrogens with zero attached hydrogens (tertiary/aromatic N) is 2. The molecule has 0 spiro atoms. The van der Waals surface area contributed by atoms with E-state index in [9.17, 15) is 4.79 Å². The second-order valence-electron chi connectivity index (χ2n) is 5.39. The number of para-hydroxylation sites is 1. The molecule has 2 N–H and O–H groups in total. The molecule has 1 aliphatic heterocycles. The van der Waals surface area contributed by atoms with E-state index in [2.05, 4.69) is 17.0 Å². The summed E-state index contributed by atoms with van der Waals surface area (Å²) >= 11 is 5.05. The highest BCUT2D eigenvalue weighted by Gasteiger charge is 2.28. The molecule has 0 aromatic heterocycles. The smallest absolute Gasteiger partial charge is 0.232 e. The molecule has 1 saturated heterocycles. The summed E-state index contributed by atoms with van der Waals surface area (Å²) in [5.74, 6) is -0.203. The maximum Gasteiger partial charge on any atom is 0.232 e. The molecule has 114 valence electrons. The zero-order valence-corrected chi connectivity index (χ0v) is 13.3. The normalized spacial score (nSPS) is 16.6. The predicted molar refractivity (Wildman–Crippen MR) is 90.4 cm³/mol. The molecule has 2 rings (SSSR count). The van der Waals surface area contributed by atoms with Crippen LogP contribution in [0.25, 0.3) is 0 Å². The van der Waals surface area contributed by atoms with Crippen molar-refractivity contribution in [2.45, 2.75) is 19.8 Å². The molecule has 1 fully saturated rings. The Kier molecular flexibility index (Phi) is 5.56. The SMILES string of the molecule is CCCC(C(=O)N1CCN(c2ccccc2)CC1)C(N)=S. The molecular weight excluding hydrogens is 282 g/mol. The number of anilines is 1. The van der Waals surface area contributed by atoms with Crippen molar-refractivity contribution in [1.82, 2.24) is 4.90 Å². The van der Waals surface area contributed by atoms with Gasteiger partial charge in [0.1, 0.15) is 0 Å². The van der Waals surface area contributed by atoms with E-state index >= 15 is 0 Å². The monoisotopic (exact) mass is 305 g/mol. The van der Waals surface area contributed by atoms with Crippen LogP contribution in [0.4, 0.5) is 5.69 Å². The fourth-order valence-electron chi connectivity index (χ4n) is 2.72. The van der Waals surface area contributed by atoms with Gasteiger partial charge in [-0.05, 0) is 18.6 Å². The lowest BCUT2D eigenvalue weighted by atomic mass is 10.0. The Balaban J connectivity index is 1.94. The van der Waals surface area contributed by atoms with E-state index in [4.69, 9.17) is 18.0 Å². The molecule has 21 heavy (non-hydrogen) atoms. The Morgan fingerprint density at radius 1 is 1.24 bits per heavy atom. The number of hydrogen-bond donors (Lipinski definition) is 1. The van der Waals surface area contributed by atoms with E-state index in [0.717, 1.165) is 39.0 Å². The van der Waals surface area contributed by atoms with Gasteiger partial charge in [-0.2, -0.15) is 0 Å². The van der Waals surface area contributed by atoms with Gasteiger partial charge in [-0.1, -0.05) is 43.8 Å². The van der Waals surface area contributed by atoms with Crippen LogP contribution < -0.4 is 10.6 Å². The van der Waals surface area contributed by atoms with Crippen LogP contribution in [0, 0.1) is 5.92 Å². The number of nitrogens with two attached hydrogens (primary N) is 1. The Morgan fingerprint density at radius 3 is 2.38 bits per heavy atom. The van der Waals surface area contributed by atoms with E-state index in [1.54, 1.807) is 0 Å². The van der Waals surface area contributed by atoms with Gasteiger partial charge in [0.25, 0.3) is 0 Å². The molecule has 0 bridgehead atoms. The Morgan fingerprint density at radius 2 is 1.86 bits per heavy atom. The summed E-state index contributed by atoms with van der Waals surface area (Å²) in [6.45, 7) is 5.22. The van der Waals surface area contributed by atoms with Gasteiger partial charge in [0, 0.05) is 31.9 Å². The van der Waals surface area contributed by atoms with Crippen LogP contribution in [0.3, 0.4) is 0 Å². The summed E-state index contributed by atoms with van der Waals surface area (Å²) in [6, 6.07) is 10.3. The maximum absolute atomic E-state index is 12.5. The van der Waals surface area contributed by atoms with Crippen LogP contribution in [0.15, 0.2) is 30.3 Å². The molecule has 4 nitrogen and oxygen atoms in total. The largest absolute Gasteiger partial charge is 0.393 e. The summed E-state index contributed by atoms with van der Waals surface area (Å²) in [7, 11) is 0. The maximum atomic E-state index is 12.5. The minimum absolute atomic E-state index is 0.0945. The van der Waals surface area contributed by atoms with Gasteiger partial charge in [-0.15, -0.1) is 0 Å². The summed E-state index contributed by atoms with van der Waals surface area (Å²) in [5.41, 5.74) is 6.93. The van der Waals surface area contributed by atoms with Crippen LogP contribution in [-0.4, -0.2) is 42.0 Å². The molecule has 1 aromatic rings. The second-order valence-corrected chi connectivity index (χ2v) is 5.86. The molecule has 0 aliphatic carbocycles. The summed E-state index contributed by atoms with van der Waals surface area (Å²) in [5, 5.41) is 0.